The van der Waals surface area contributed by atoms with Crippen LogP contribution in [0, 0.1) is 6.57 Å². The van der Waals surface area contributed by atoms with E-state index in [9.17, 15) is 0 Å². The second-order valence-electron chi connectivity index (χ2n) is 1.19. The van der Waals surface area contributed by atoms with E-state index in [2.05, 4.69) is 4.85 Å². The lowest BCUT2D eigenvalue weighted by Crippen LogP contribution is -1.42. The van der Waals surface area contributed by atoms with Crippen LogP contribution in [0.5, 0.6) is 0 Å². The first-order valence-electron chi connectivity index (χ1n) is 1.95. The molecule has 40 valence electrons. The van der Waals surface area contributed by atoms with Crippen LogP contribution in [-0.2, 0) is 0 Å². The van der Waals surface area contributed by atoms with Crippen molar-refractivity contribution in [3.05, 3.63) is 27.9 Å². The standard InChI is InChI=1S/C5H2ClNS/c1-7-5-4(6)2-3-8-5/h2-3H. The van der Waals surface area contributed by atoms with Gasteiger partial charge >= 0.3 is 0 Å². The minimum atomic E-state index is 0.560. The van der Waals surface area contributed by atoms with Crippen molar-refractivity contribution in [3.63, 3.8) is 0 Å². The van der Waals surface area contributed by atoms with Crippen LogP contribution in [0.1, 0.15) is 0 Å². The normalized spacial score (nSPS) is 8.50. The fraction of sp³-hybridized carbons (Fsp3) is 0. The zero-order chi connectivity index (χ0) is 5.98. The fourth-order valence-corrected chi connectivity index (χ4v) is 1.25. The molecule has 8 heavy (non-hydrogen) atoms. The van der Waals surface area contributed by atoms with Gasteiger partial charge in [0.25, 0.3) is 5.00 Å². The minimum absolute atomic E-state index is 0.560. The summed E-state index contributed by atoms with van der Waals surface area (Å²) in [5.74, 6) is 0. The van der Waals surface area contributed by atoms with Crippen LogP contribution in [0.25, 0.3) is 4.85 Å². The molecule has 1 aromatic heterocycles. The molecule has 0 aromatic carbocycles. The largest absolute Gasteiger partial charge is 0.259 e. The van der Waals surface area contributed by atoms with E-state index < -0.39 is 0 Å². The third-order valence-corrected chi connectivity index (χ3v) is 1.92. The lowest BCUT2D eigenvalue weighted by Gasteiger charge is -1.74. The lowest BCUT2D eigenvalue weighted by molar-refractivity contribution is 1.98. The monoisotopic (exact) mass is 143 g/mol. The predicted octanol–water partition coefficient (Wildman–Crippen LogP) is 2.95. The SMILES string of the molecule is [C-]#[N+]c1sccc1Cl. The predicted molar refractivity (Wildman–Crippen MR) is 35.6 cm³/mol. The Morgan fingerprint density at radius 2 is 2.50 bits per heavy atom. The average Bonchev–Trinajstić information content (AvgIpc) is 2.14. The summed E-state index contributed by atoms with van der Waals surface area (Å²) in [6.07, 6.45) is 0. The molecule has 0 bridgehead atoms. The fourth-order valence-electron chi connectivity index (χ4n) is 0.366. The Morgan fingerprint density at radius 1 is 1.75 bits per heavy atom. The highest BCUT2D eigenvalue weighted by Gasteiger charge is 1.96. The molecule has 1 heterocycles. The molecule has 0 aliphatic carbocycles. The summed E-state index contributed by atoms with van der Waals surface area (Å²) < 4.78 is 0. The summed E-state index contributed by atoms with van der Waals surface area (Å²) in [5, 5.41) is 2.94. The average molecular weight is 144 g/mol. The maximum atomic E-state index is 6.55. The van der Waals surface area contributed by atoms with Gasteiger partial charge in [-0.05, 0) is 11.4 Å². The minimum Gasteiger partial charge on any atom is -0.225 e. The highest BCUT2D eigenvalue weighted by molar-refractivity contribution is 7.15. The Morgan fingerprint density at radius 3 is 2.75 bits per heavy atom. The maximum absolute atomic E-state index is 6.55. The Balaban J connectivity index is 3.15. The Hall–Kier alpha value is -0.520. The van der Waals surface area contributed by atoms with Crippen LogP contribution in [0.15, 0.2) is 11.4 Å². The third kappa shape index (κ3) is 0.835. The van der Waals surface area contributed by atoms with Gasteiger partial charge in [0, 0.05) is 0 Å². The number of thiophene rings is 1. The molecule has 0 saturated heterocycles. The molecule has 0 aliphatic rings. The highest BCUT2D eigenvalue weighted by atomic mass is 35.5. The van der Waals surface area contributed by atoms with Crippen molar-refractivity contribution < 1.29 is 0 Å². The van der Waals surface area contributed by atoms with Crippen LogP contribution in [0.4, 0.5) is 5.00 Å². The van der Waals surface area contributed by atoms with Gasteiger partial charge in [-0.1, -0.05) is 11.6 Å². The molecule has 0 N–H and O–H groups in total. The summed E-state index contributed by atoms with van der Waals surface area (Å²) in [5.41, 5.74) is 0. The quantitative estimate of drug-likeness (QED) is 0.492. The van der Waals surface area contributed by atoms with E-state index in [0.717, 1.165) is 0 Å². The molecule has 1 aromatic rings. The Labute approximate surface area is 56.3 Å². The molecule has 0 unspecified atom stereocenters. The van der Waals surface area contributed by atoms with E-state index in [0.29, 0.717) is 10.0 Å². The van der Waals surface area contributed by atoms with Crippen LogP contribution in [0.3, 0.4) is 0 Å². The van der Waals surface area contributed by atoms with Gasteiger partial charge in [0.05, 0.1) is 11.6 Å². The first-order valence-corrected chi connectivity index (χ1v) is 3.21. The molecule has 0 spiro atoms. The Bertz CT molecular complexity index is 223. The third-order valence-electron chi connectivity index (χ3n) is 0.700. The van der Waals surface area contributed by atoms with Crippen molar-refractivity contribution in [3.8, 4) is 0 Å². The van der Waals surface area contributed by atoms with Gasteiger partial charge in [0.2, 0.25) is 0 Å². The van der Waals surface area contributed by atoms with Gasteiger partial charge in [0.1, 0.15) is 0 Å². The van der Waals surface area contributed by atoms with E-state index in [4.69, 9.17) is 18.2 Å². The Kier molecular flexibility index (Phi) is 1.52. The summed E-state index contributed by atoms with van der Waals surface area (Å²) in [7, 11) is 0. The number of hydrogen-bond acceptors (Lipinski definition) is 1. The molecule has 1 rings (SSSR count). The summed E-state index contributed by atoms with van der Waals surface area (Å²) in [6, 6.07) is 1.72. The van der Waals surface area contributed by atoms with Crippen molar-refractivity contribution >= 4 is 27.9 Å². The zero-order valence-electron chi connectivity index (χ0n) is 3.89. The molecular weight excluding hydrogens is 142 g/mol. The molecule has 0 fully saturated rings. The van der Waals surface area contributed by atoms with Gasteiger partial charge < -0.3 is 0 Å². The summed E-state index contributed by atoms with van der Waals surface area (Å²) >= 11 is 6.90. The molecular formula is C5H2ClNS. The van der Waals surface area contributed by atoms with Crippen molar-refractivity contribution in [1.29, 1.82) is 0 Å². The number of nitrogens with zero attached hydrogens (tertiary/aromatic N) is 1. The van der Waals surface area contributed by atoms with Crippen LogP contribution >= 0.6 is 22.9 Å². The van der Waals surface area contributed by atoms with E-state index in [1.54, 1.807) is 11.4 Å². The molecule has 0 saturated carbocycles. The topological polar surface area (TPSA) is 4.36 Å². The van der Waals surface area contributed by atoms with Gasteiger partial charge in [-0.3, -0.25) is 0 Å². The molecule has 0 amide bonds. The van der Waals surface area contributed by atoms with Gasteiger partial charge in [-0.15, -0.1) is 0 Å². The maximum Gasteiger partial charge on any atom is 0.259 e. The van der Waals surface area contributed by atoms with Crippen molar-refractivity contribution in [2.75, 3.05) is 0 Å². The molecule has 0 aliphatic heterocycles. The van der Waals surface area contributed by atoms with Crippen LogP contribution in [0.2, 0.25) is 5.02 Å². The first-order chi connectivity index (χ1) is 3.84. The zero-order valence-corrected chi connectivity index (χ0v) is 5.46. The molecule has 0 radical (unpaired) electrons. The van der Waals surface area contributed by atoms with Crippen molar-refractivity contribution in [2.45, 2.75) is 0 Å². The van der Waals surface area contributed by atoms with E-state index >= 15 is 0 Å². The summed E-state index contributed by atoms with van der Waals surface area (Å²) in [6.45, 7) is 6.55. The van der Waals surface area contributed by atoms with Gasteiger partial charge in [-0.25, -0.2) is 4.85 Å². The van der Waals surface area contributed by atoms with Gasteiger partial charge in [-0.2, -0.15) is 11.3 Å². The van der Waals surface area contributed by atoms with Gasteiger partial charge in [0.15, 0.2) is 0 Å². The van der Waals surface area contributed by atoms with E-state index in [1.807, 2.05) is 0 Å². The molecule has 0 atom stereocenters. The van der Waals surface area contributed by atoms with Crippen LogP contribution < -0.4 is 0 Å². The number of halogens is 1. The summed E-state index contributed by atoms with van der Waals surface area (Å²) in [4.78, 5) is 3.17. The van der Waals surface area contributed by atoms with Crippen LogP contribution in [-0.4, -0.2) is 0 Å². The number of rotatable bonds is 0. The van der Waals surface area contributed by atoms with E-state index in [1.165, 1.54) is 11.3 Å². The van der Waals surface area contributed by atoms with Crippen molar-refractivity contribution in [1.82, 2.24) is 0 Å². The number of hydrogen-bond donors (Lipinski definition) is 0. The smallest absolute Gasteiger partial charge is 0.225 e. The second kappa shape index (κ2) is 2.17. The molecule has 3 heteroatoms. The first kappa shape index (κ1) is 5.61. The van der Waals surface area contributed by atoms with Crippen molar-refractivity contribution in [2.24, 2.45) is 0 Å². The lowest BCUT2D eigenvalue weighted by atomic mass is 10.6. The molecule has 1 nitrogen and oxygen atoms in total. The highest BCUT2D eigenvalue weighted by Crippen LogP contribution is 2.30. The second-order valence-corrected chi connectivity index (χ2v) is 2.49. The van der Waals surface area contributed by atoms with E-state index in [-0.39, 0.29) is 0 Å².